The second-order valence-electron chi connectivity index (χ2n) is 5.60. The van der Waals surface area contributed by atoms with Crippen molar-refractivity contribution >= 4 is 29.0 Å². The molecule has 1 aliphatic rings. The maximum atomic E-state index is 12.5. The summed E-state index contributed by atoms with van der Waals surface area (Å²) >= 11 is 3.42. The lowest BCUT2D eigenvalue weighted by Gasteiger charge is -2.31. The molecule has 0 spiro atoms. The van der Waals surface area contributed by atoms with Gasteiger partial charge in [0.05, 0.1) is 23.4 Å². The average molecular weight is 348 g/mol. The van der Waals surface area contributed by atoms with E-state index in [1.165, 1.54) is 0 Å². The number of aryl methyl sites for hydroxylation is 1. The first kappa shape index (κ1) is 16.5. The lowest BCUT2D eigenvalue weighted by molar-refractivity contribution is -0.0124. The van der Waals surface area contributed by atoms with Gasteiger partial charge in [0, 0.05) is 34.7 Å². The number of carbonyl (C=O) groups is 1. The van der Waals surface area contributed by atoms with E-state index in [9.17, 15) is 4.79 Å². The third-order valence-electron chi connectivity index (χ3n) is 3.68. The lowest BCUT2D eigenvalue weighted by atomic mass is 10.2. The fourth-order valence-electron chi connectivity index (χ4n) is 2.51. The van der Waals surface area contributed by atoms with Gasteiger partial charge in [-0.05, 0) is 38.1 Å². The molecule has 0 N–H and O–H groups in total. The molecule has 0 radical (unpaired) electrons. The summed E-state index contributed by atoms with van der Waals surface area (Å²) < 4.78 is 5.49. The van der Waals surface area contributed by atoms with E-state index in [2.05, 4.69) is 10.4 Å². The highest BCUT2D eigenvalue weighted by molar-refractivity contribution is 7.98. The van der Waals surface area contributed by atoms with Crippen LogP contribution in [0.3, 0.4) is 0 Å². The summed E-state index contributed by atoms with van der Waals surface area (Å²) in [7, 11) is 0. The van der Waals surface area contributed by atoms with Gasteiger partial charge in [0.15, 0.2) is 0 Å². The standard InChI is InChI=1S/C17H20N2O2S2/c1-12-9-19(7-8-21-12)17(20)14-3-5-16(6-4-14)23-11-15-10-22-13(2)18-15/h3-6,10,12H,7-9,11H2,1-2H3. The van der Waals surface area contributed by atoms with Gasteiger partial charge in [-0.25, -0.2) is 4.98 Å². The van der Waals surface area contributed by atoms with Gasteiger partial charge >= 0.3 is 0 Å². The molecule has 6 heteroatoms. The van der Waals surface area contributed by atoms with Crippen LogP contribution in [-0.2, 0) is 10.5 Å². The van der Waals surface area contributed by atoms with Gasteiger partial charge in [-0.3, -0.25) is 4.79 Å². The van der Waals surface area contributed by atoms with Crippen LogP contribution in [0.5, 0.6) is 0 Å². The number of hydrogen-bond donors (Lipinski definition) is 0. The summed E-state index contributed by atoms with van der Waals surface area (Å²) in [5, 5.41) is 3.20. The van der Waals surface area contributed by atoms with E-state index in [1.54, 1.807) is 23.1 Å². The molecular formula is C17H20N2O2S2. The highest BCUT2D eigenvalue weighted by Crippen LogP contribution is 2.24. The maximum absolute atomic E-state index is 12.5. The van der Waals surface area contributed by atoms with E-state index in [-0.39, 0.29) is 12.0 Å². The number of carbonyl (C=O) groups excluding carboxylic acids is 1. The minimum atomic E-state index is 0.0897. The summed E-state index contributed by atoms with van der Waals surface area (Å²) in [6.45, 7) is 5.97. The van der Waals surface area contributed by atoms with Crippen molar-refractivity contribution in [3.63, 3.8) is 0 Å². The van der Waals surface area contributed by atoms with Crippen molar-refractivity contribution in [1.82, 2.24) is 9.88 Å². The number of nitrogens with zero attached hydrogens (tertiary/aromatic N) is 2. The smallest absolute Gasteiger partial charge is 0.254 e. The number of ether oxygens (including phenoxy) is 1. The molecule has 1 amide bonds. The second kappa shape index (κ2) is 7.47. The van der Waals surface area contributed by atoms with Crippen LogP contribution in [0.15, 0.2) is 34.5 Å². The van der Waals surface area contributed by atoms with Crippen LogP contribution in [0, 0.1) is 6.92 Å². The first-order valence-corrected chi connectivity index (χ1v) is 9.53. The Balaban J connectivity index is 1.59. The van der Waals surface area contributed by atoms with Gasteiger partial charge in [0.1, 0.15) is 0 Å². The summed E-state index contributed by atoms with van der Waals surface area (Å²) in [5.41, 5.74) is 1.85. The van der Waals surface area contributed by atoms with E-state index in [0.29, 0.717) is 19.7 Å². The molecule has 1 aromatic heterocycles. The Kier molecular flexibility index (Phi) is 5.35. The highest BCUT2D eigenvalue weighted by Gasteiger charge is 2.22. The van der Waals surface area contributed by atoms with Crippen LogP contribution in [0.25, 0.3) is 0 Å². The molecule has 0 saturated carbocycles. The fraction of sp³-hybridized carbons (Fsp3) is 0.412. The number of thioether (sulfide) groups is 1. The number of amides is 1. The van der Waals surface area contributed by atoms with Crippen molar-refractivity contribution < 1.29 is 9.53 Å². The predicted octanol–water partition coefficient (Wildman–Crippen LogP) is 3.60. The Morgan fingerprint density at radius 2 is 2.22 bits per heavy atom. The predicted molar refractivity (Wildman–Crippen MR) is 94.2 cm³/mol. The Morgan fingerprint density at radius 3 is 2.87 bits per heavy atom. The SMILES string of the molecule is Cc1nc(CSc2ccc(C(=O)N3CCOC(C)C3)cc2)cs1. The Labute approximate surface area is 144 Å². The molecule has 0 bridgehead atoms. The van der Waals surface area contributed by atoms with Crippen LogP contribution >= 0.6 is 23.1 Å². The molecule has 3 rings (SSSR count). The minimum Gasteiger partial charge on any atom is -0.375 e. The zero-order valence-corrected chi connectivity index (χ0v) is 15.0. The molecule has 4 nitrogen and oxygen atoms in total. The van der Waals surface area contributed by atoms with Crippen molar-refractivity contribution in [2.75, 3.05) is 19.7 Å². The van der Waals surface area contributed by atoms with Crippen molar-refractivity contribution in [3.8, 4) is 0 Å². The second-order valence-corrected chi connectivity index (χ2v) is 7.71. The van der Waals surface area contributed by atoms with Crippen molar-refractivity contribution in [2.24, 2.45) is 0 Å². The molecule has 1 aliphatic heterocycles. The maximum Gasteiger partial charge on any atom is 0.254 e. The van der Waals surface area contributed by atoms with E-state index >= 15 is 0 Å². The molecule has 0 aliphatic carbocycles. The van der Waals surface area contributed by atoms with E-state index < -0.39 is 0 Å². The van der Waals surface area contributed by atoms with Crippen molar-refractivity contribution in [1.29, 1.82) is 0 Å². The molecular weight excluding hydrogens is 328 g/mol. The molecule has 2 heterocycles. The largest absolute Gasteiger partial charge is 0.375 e. The Hall–Kier alpha value is -1.37. The number of aromatic nitrogens is 1. The quantitative estimate of drug-likeness (QED) is 0.792. The van der Waals surface area contributed by atoms with Gasteiger partial charge in [-0.15, -0.1) is 23.1 Å². The fourth-order valence-corrected chi connectivity index (χ4v) is 4.02. The minimum absolute atomic E-state index is 0.0897. The average Bonchev–Trinajstić information content (AvgIpc) is 2.98. The van der Waals surface area contributed by atoms with Gasteiger partial charge in [-0.1, -0.05) is 0 Å². The third kappa shape index (κ3) is 4.34. The van der Waals surface area contributed by atoms with Crippen LogP contribution < -0.4 is 0 Å². The molecule has 1 saturated heterocycles. The molecule has 1 aromatic carbocycles. The number of hydrogen-bond acceptors (Lipinski definition) is 5. The Bertz CT molecular complexity index is 669. The molecule has 122 valence electrons. The van der Waals surface area contributed by atoms with Gasteiger partial charge in [0.2, 0.25) is 0 Å². The summed E-state index contributed by atoms with van der Waals surface area (Å²) in [5.74, 6) is 0.949. The van der Waals surface area contributed by atoms with Crippen molar-refractivity contribution in [2.45, 2.75) is 30.6 Å². The van der Waals surface area contributed by atoms with E-state index in [1.807, 2.05) is 43.0 Å². The molecule has 2 aromatic rings. The van der Waals surface area contributed by atoms with E-state index in [4.69, 9.17) is 4.74 Å². The van der Waals surface area contributed by atoms with Crippen LogP contribution in [0.2, 0.25) is 0 Å². The molecule has 23 heavy (non-hydrogen) atoms. The van der Waals surface area contributed by atoms with Crippen molar-refractivity contribution in [3.05, 3.63) is 45.9 Å². The lowest BCUT2D eigenvalue weighted by Crippen LogP contribution is -2.44. The first-order valence-electron chi connectivity index (χ1n) is 7.66. The number of thiazole rings is 1. The molecule has 1 unspecified atom stereocenters. The van der Waals surface area contributed by atoms with Gasteiger partial charge in [0.25, 0.3) is 5.91 Å². The number of rotatable bonds is 4. The molecule has 1 fully saturated rings. The third-order valence-corrected chi connectivity index (χ3v) is 5.55. The van der Waals surface area contributed by atoms with Gasteiger partial charge < -0.3 is 9.64 Å². The monoisotopic (exact) mass is 348 g/mol. The normalized spacial score (nSPS) is 18.2. The summed E-state index contributed by atoms with van der Waals surface area (Å²) in [6, 6.07) is 7.86. The Morgan fingerprint density at radius 1 is 1.43 bits per heavy atom. The topological polar surface area (TPSA) is 42.4 Å². The zero-order valence-electron chi connectivity index (χ0n) is 13.3. The first-order chi connectivity index (χ1) is 11.1. The number of morpholine rings is 1. The highest BCUT2D eigenvalue weighted by atomic mass is 32.2. The number of benzene rings is 1. The van der Waals surface area contributed by atoms with Crippen LogP contribution in [0.4, 0.5) is 0 Å². The van der Waals surface area contributed by atoms with E-state index in [0.717, 1.165) is 26.9 Å². The molecule has 1 atom stereocenters. The zero-order chi connectivity index (χ0) is 16.2. The van der Waals surface area contributed by atoms with Crippen LogP contribution in [-0.4, -0.2) is 41.6 Å². The summed E-state index contributed by atoms with van der Waals surface area (Å²) in [6.07, 6.45) is 0.115. The summed E-state index contributed by atoms with van der Waals surface area (Å²) in [4.78, 5) is 20.0. The van der Waals surface area contributed by atoms with Crippen LogP contribution in [0.1, 0.15) is 28.0 Å². The van der Waals surface area contributed by atoms with Gasteiger partial charge in [-0.2, -0.15) is 0 Å².